The molecule has 2 aromatic rings. The number of aromatic nitrogens is 3. The maximum atomic E-state index is 6.09. The van der Waals surface area contributed by atoms with Crippen LogP contribution in [0.25, 0.3) is 11.4 Å². The molecule has 0 aliphatic heterocycles. The van der Waals surface area contributed by atoms with E-state index in [1.54, 1.807) is 25.0 Å². The molecule has 0 radical (unpaired) electrons. The first-order valence-electron chi connectivity index (χ1n) is 6.40. The lowest BCUT2D eigenvalue weighted by molar-refractivity contribution is 0.355. The first kappa shape index (κ1) is 14.2. The number of hydrogen-bond donors (Lipinski definition) is 1. The topological polar surface area (TPSA) is 75.2 Å². The Hall–Kier alpha value is -2.24. The van der Waals surface area contributed by atoms with Crippen LogP contribution in [0.2, 0.25) is 0 Å². The van der Waals surface area contributed by atoms with Gasteiger partial charge in [-0.25, -0.2) is 9.67 Å². The van der Waals surface area contributed by atoms with Crippen LogP contribution in [0.4, 0.5) is 5.69 Å². The molecule has 0 saturated carbocycles. The zero-order chi connectivity index (χ0) is 14.9. The first-order valence-corrected chi connectivity index (χ1v) is 6.40. The largest absolute Gasteiger partial charge is 0.493 e. The second-order valence-corrected chi connectivity index (χ2v) is 4.87. The molecular weight excluding hydrogens is 256 g/mol. The molecular formula is C14H20N4O2. The van der Waals surface area contributed by atoms with Gasteiger partial charge in [-0.1, -0.05) is 13.8 Å². The Kier molecular flexibility index (Phi) is 3.83. The number of nitrogens with two attached hydrogens (primary N) is 1. The third-order valence-corrected chi connectivity index (χ3v) is 3.09. The molecule has 0 aliphatic rings. The number of ether oxygens (including phenoxy) is 2. The van der Waals surface area contributed by atoms with Crippen molar-refractivity contribution in [3.63, 3.8) is 0 Å². The fourth-order valence-corrected chi connectivity index (χ4v) is 1.97. The minimum absolute atomic E-state index is 0.260. The number of benzene rings is 1. The van der Waals surface area contributed by atoms with E-state index in [-0.39, 0.29) is 5.92 Å². The second kappa shape index (κ2) is 5.40. The normalized spacial score (nSPS) is 10.9. The van der Waals surface area contributed by atoms with Gasteiger partial charge in [-0.3, -0.25) is 0 Å². The summed E-state index contributed by atoms with van der Waals surface area (Å²) < 4.78 is 12.3. The summed E-state index contributed by atoms with van der Waals surface area (Å²) in [5.41, 5.74) is 7.45. The van der Waals surface area contributed by atoms with Gasteiger partial charge in [-0.2, -0.15) is 5.10 Å². The molecule has 1 heterocycles. The lowest BCUT2D eigenvalue weighted by atomic mass is 10.1. The summed E-state index contributed by atoms with van der Waals surface area (Å²) in [5.74, 6) is 2.98. The average Bonchev–Trinajstić information content (AvgIpc) is 2.80. The number of rotatable bonds is 4. The van der Waals surface area contributed by atoms with Gasteiger partial charge in [-0.15, -0.1) is 0 Å². The maximum absolute atomic E-state index is 6.09. The smallest absolute Gasteiger partial charge is 0.162 e. The predicted molar refractivity (Wildman–Crippen MR) is 78.0 cm³/mol. The molecule has 1 aromatic heterocycles. The Morgan fingerprint density at radius 3 is 2.25 bits per heavy atom. The van der Waals surface area contributed by atoms with Gasteiger partial charge in [0.15, 0.2) is 23.1 Å². The van der Waals surface area contributed by atoms with Gasteiger partial charge >= 0.3 is 0 Å². The van der Waals surface area contributed by atoms with Crippen molar-refractivity contribution in [3.8, 4) is 22.9 Å². The van der Waals surface area contributed by atoms with E-state index in [2.05, 4.69) is 23.9 Å². The summed E-state index contributed by atoms with van der Waals surface area (Å²) in [5, 5.41) is 4.40. The molecule has 0 aliphatic carbocycles. The average molecular weight is 276 g/mol. The van der Waals surface area contributed by atoms with Gasteiger partial charge in [-0.05, 0) is 6.07 Å². The zero-order valence-electron chi connectivity index (χ0n) is 12.5. The fourth-order valence-electron chi connectivity index (χ4n) is 1.97. The summed E-state index contributed by atoms with van der Waals surface area (Å²) in [6, 6.07) is 3.56. The van der Waals surface area contributed by atoms with Gasteiger partial charge in [0.05, 0.1) is 14.2 Å². The summed E-state index contributed by atoms with van der Waals surface area (Å²) in [4.78, 5) is 4.55. The molecule has 0 fully saturated rings. The number of aryl methyl sites for hydroxylation is 1. The highest BCUT2D eigenvalue weighted by atomic mass is 16.5. The van der Waals surface area contributed by atoms with Crippen molar-refractivity contribution < 1.29 is 9.47 Å². The Morgan fingerprint density at radius 2 is 1.75 bits per heavy atom. The zero-order valence-corrected chi connectivity index (χ0v) is 12.5. The van der Waals surface area contributed by atoms with E-state index in [9.17, 15) is 0 Å². The lowest BCUT2D eigenvalue weighted by Crippen LogP contribution is -2.00. The van der Waals surface area contributed by atoms with Gasteiger partial charge in [0.1, 0.15) is 0 Å². The van der Waals surface area contributed by atoms with Crippen LogP contribution >= 0.6 is 0 Å². The minimum Gasteiger partial charge on any atom is -0.493 e. The molecule has 1 aromatic carbocycles. The van der Waals surface area contributed by atoms with Crippen LogP contribution in [-0.4, -0.2) is 29.0 Å². The highest BCUT2D eigenvalue weighted by molar-refractivity contribution is 5.76. The molecule has 0 bridgehead atoms. The monoisotopic (exact) mass is 276 g/mol. The molecule has 20 heavy (non-hydrogen) atoms. The van der Waals surface area contributed by atoms with Gasteiger partial charge in [0, 0.05) is 30.3 Å². The van der Waals surface area contributed by atoms with Crippen molar-refractivity contribution >= 4 is 5.69 Å². The molecule has 2 N–H and O–H groups in total. The highest BCUT2D eigenvalue weighted by Crippen LogP contribution is 2.36. The molecule has 6 heteroatoms. The van der Waals surface area contributed by atoms with Crippen molar-refractivity contribution in [2.24, 2.45) is 7.05 Å². The van der Waals surface area contributed by atoms with Crippen LogP contribution in [-0.2, 0) is 7.05 Å². The third kappa shape index (κ3) is 2.41. The molecule has 0 atom stereocenters. The van der Waals surface area contributed by atoms with Crippen molar-refractivity contribution in [1.82, 2.24) is 14.8 Å². The highest BCUT2D eigenvalue weighted by Gasteiger charge is 2.17. The van der Waals surface area contributed by atoms with E-state index in [0.717, 1.165) is 11.4 Å². The van der Waals surface area contributed by atoms with E-state index in [4.69, 9.17) is 15.2 Å². The predicted octanol–water partition coefficient (Wildman–Crippen LogP) is 2.20. The fraction of sp³-hybridized carbons (Fsp3) is 0.429. The van der Waals surface area contributed by atoms with Crippen LogP contribution in [0.1, 0.15) is 25.6 Å². The van der Waals surface area contributed by atoms with Crippen molar-refractivity contribution in [2.45, 2.75) is 19.8 Å². The minimum atomic E-state index is 0.260. The number of hydrogen-bond acceptors (Lipinski definition) is 5. The Balaban J connectivity index is 2.57. The third-order valence-electron chi connectivity index (χ3n) is 3.09. The quantitative estimate of drug-likeness (QED) is 0.866. The molecule has 0 amide bonds. The summed E-state index contributed by atoms with van der Waals surface area (Å²) in [7, 11) is 5.02. The number of anilines is 1. The van der Waals surface area contributed by atoms with Crippen LogP contribution in [0.5, 0.6) is 11.5 Å². The number of methoxy groups -OCH3 is 2. The van der Waals surface area contributed by atoms with Crippen molar-refractivity contribution in [3.05, 3.63) is 18.0 Å². The maximum Gasteiger partial charge on any atom is 0.162 e. The van der Waals surface area contributed by atoms with Crippen molar-refractivity contribution in [2.75, 3.05) is 20.0 Å². The van der Waals surface area contributed by atoms with E-state index in [1.165, 1.54) is 0 Å². The summed E-state index contributed by atoms with van der Waals surface area (Å²) in [6.07, 6.45) is 0. The molecule has 0 saturated heterocycles. The summed E-state index contributed by atoms with van der Waals surface area (Å²) >= 11 is 0. The molecule has 0 spiro atoms. The van der Waals surface area contributed by atoms with E-state index >= 15 is 0 Å². The summed E-state index contributed by atoms with van der Waals surface area (Å²) in [6.45, 7) is 4.11. The van der Waals surface area contributed by atoms with Gasteiger partial charge in [0.25, 0.3) is 0 Å². The van der Waals surface area contributed by atoms with Crippen molar-refractivity contribution in [1.29, 1.82) is 0 Å². The molecule has 2 rings (SSSR count). The molecule has 0 unspecified atom stereocenters. The number of nitrogen functional groups attached to an aromatic ring is 1. The first-order chi connectivity index (χ1) is 9.47. The Bertz CT molecular complexity index is 620. The van der Waals surface area contributed by atoms with Crippen LogP contribution < -0.4 is 15.2 Å². The van der Waals surface area contributed by atoms with E-state index in [0.29, 0.717) is 23.0 Å². The Morgan fingerprint density at radius 1 is 1.15 bits per heavy atom. The molecule has 108 valence electrons. The van der Waals surface area contributed by atoms with Gasteiger partial charge < -0.3 is 15.2 Å². The van der Waals surface area contributed by atoms with E-state index in [1.807, 2.05) is 13.1 Å². The lowest BCUT2D eigenvalue weighted by Gasteiger charge is -2.11. The number of nitrogens with zero attached hydrogens (tertiary/aromatic N) is 3. The van der Waals surface area contributed by atoms with E-state index < -0.39 is 0 Å². The van der Waals surface area contributed by atoms with Crippen LogP contribution in [0.15, 0.2) is 12.1 Å². The van der Waals surface area contributed by atoms with Crippen LogP contribution in [0, 0.1) is 0 Å². The SMILES string of the molecule is COc1cc(N)c(-c2nc(C(C)C)nn2C)cc1OC. The van der Waals surface area contributed by atoms with Gasteiger partial charge in [0.2, 0.25) is 0 Å². The standard InChI is InChI=1S/C14H20N4O2/c1-8(2)13-16-14(18(3)17-13)9-6-11(19-4)12(20-5)7-10(9)15/h6-8H,15H2,1-5H3. The Labute approximate surface area is 118 Å². The molecule has 6 nitrogen and oxygen atoms in total. The van der Waals surface area contributed by atoms with Crippen LogP contribution in [0.3, 0.4) is 0 Å². The second-order valence-electron chi connectivity index (χ2n) is 4.87.